The number of hydrogen-bond acceptors (Lipinski definition) is 2. The van der Waals surface area contributed by atoms with Gasteiger partial charge in [-0.05, 0) is 13.0 Å². The molecule has 0 aromatic heterocycles. The van der Waals surface area contributed by atoms with E-state index in [-0.39, 0.29) is 0 Å². The van der Waals surface area contributed by atoms with Gasteiger partial charge in [-0.15, -0.1) is 0 Å². The molecule has 0 aromatic rings. The van der Waals surface area contributed by atoms with Gasteiger partial charge in [0.25, 0.3) is 0 Å². The van der Waals surface area contributed by atoms with Crippen molar-refractivity contribution >= 4 is 11.8 Å². The Morgan fingerprint density at radius 3 is 2.45 bits per heavy atom. The standard InChI is InChI=1S/C9H18OS/c1-5-10-7-6-8-11-9(2,3)4/h6-7H,5,8H2,1-4H3. The van der Waals surface area contributed by atoms with E-state index >= 15 is 0 Å². The number of thioether (sulfide) groups is 1. The van der Waals surface area contributed by atoms with Crippen molar-refractivity contribution in [3.05, 3.63) is 12.3 Å². The Morgan fingerprint density at radius 1 is 1.36 bits per heavy atom. The molecule has 2 heteroatoms. The molecule has 0 unspecified atom stereocenters. The molecule has 0 saturated heterocycles. The highest BCUT2D eigenvalue weighted by Gasteiger charge is 2.07. The van der Waals surface area contributed by atoms with E-state index in [4.69, 9.17) is 4.74 Å². The maximum Gasteiger partial charge on any atom is 0.0845 e. The summed E-state index contributed by atoms with van der Waals surface area (Å²) in [6.45, 7) is 9.39. The smallest absolute Gasteiger partial charge is 0.0845 e. The Balaban J connectivity index is 3.27. The summed E-state index contributed by atoms with van der Waals surface area (Å²) in [5.74, 6) is 1.03. The normalized spacial score (nSPS) is 12.4. The quantitative estimate of drug-likeness (QED) is 0.606. The van der Waals surface area contributed by atoms with E-state index in [1.165, 1.54) is 0 Å². The first kappa shape index (κ1) is 10.9. The summed E-state index contributed by atoms with van der Waals surface area (Å²) in [5, 5.41) is 0. The lowest BCUT2D eigenvalue weighted by atomic mass is 10.3. The molecule has 0 aliphatic carbocycles. The van der Waals surface area contributed by atoms with Crippen molar-refractivity contribution in [3.8, 4) is 0 Å². The first-order valence-corrected chi connectivity index (χ1v) is 4.95. The van der Waals surface area contributed by atoms with Crippen LogP contribution in [-0.2, 0) is 4.74 Å². The summed E-state index contributed by atoms with van der Waals surface area (Å²) in [7, 11) is 0. The van der Waals surface area contributed by atoms with E-state index in [1.807, 2.05) is 18.7 Å². The number of hydrogen-bond donors (Lipinski definition) is 0. The Kier molecular flexibility index (Phi) is 5.47. The van der Waals surface area contributed by atoms with Crippen molar-refractivity contribution in [1.82, 2.24) is 0 Å². The third-order valence-electron chi connectivity index (χ3n) is 0.972. The highest BCUT2D eigenvalue weighted by Crippen LogP contribution is 2.22. The fraction of sp³-hybridized carbons (Fsp3) is 0.778. The van der Waals surface area contributed by atoms with Gasteiger partial charge in [-0.3, -0.25) is 0 Å². The van der Waals surface area contributed by atoms with Crippen LogP contribution >= 0.6 is 11.8 Å². The predicted molar refractivity (Wildman–Crippen MR) is 53.0 cm³/mol. The Hall–Kier alpha value is -0.110. The third-order valence-corrected chi connectivity index (χ3v) is 2.20. The van der Waals surface area contributed by atoms with E-state index in [0.29, 0.717) is 4.75 Å². The molecule has 0 saturated carbocycles. The molecule has 0 amide bonds. The summed E-state index contributed by atoms with van der Waals surface area (Å²) in [5.41, 5.74) is 0. The molecule has 0 heterocycles. The molecule has 1 nitrogen and oxygen atoms in total. The van der Waals surface area contributed by atoms with E-state index in [1.54, 1.807) is 6.26 Å². The molecule has 0 aromatic carbocycles. The van der Waals surface area contributed by atoms with Crippen LogP contribution in [0.25, 0.3) is 0 Å². The van der Waals surface area contributed by atoms with E-state index in [9.17, 15) is 0 Å². The summed E-state index contributed by atoms with van der Waals surface area (Å²) in [6.07, 6.45) is 3.83. The molecular weight excluding hydrogens is 156 g/mol. The second-order valence-corrected chi connectivity index (χ2v) is 5.10. The van der Waals surface area contributed by atoms with Gasteiger partial charge in [0, 0.05) is 10.5 Å². The highest BCUT2D eigenvalue weighted by atomic mass is 32.2. The summed E-state index contributed by atoms with van der Waals surface area (Å²) in [4.78, 5) is 0. The van der Waals surface area contributed by atoms with Gasteiger partial charge in [0.2, 0.25) is 0 Å². The van der Waals surface area contributed by atoms with Gasteiger partial charge in [-0.2, -0.15) is 11.8 Å². The third kappa shape index (κ3) is 9.89. The average molecular weight is 174 g/mol. The van der Waals surface area contributed by atoms with Gasteiger partial charge in [0.1, 0.15) is 0 Å². The van der Waals surface area contributed by atoms with Crippen molar-refractivity contribution in [2.75, 3.05) is 12.4 Å². The highest BCUT2D eigenvalue weighted by molar-refractivity contribution is 8.00. The molecule has 0 atom stereocenters. The Morgan fingerprint density at radius 2 is 2.00 bits per heavy atom. The second-order valence-electron chi connectivity index (χ2n) is 3.25. The van der Waals surface area contributed by atoms with Gasteiger partial charge >= 0.3 is 0 Å². The fourth-order valence-corrected chi connectivity index (χ4v) is 1.18. The topological polar surface area (TPSA) is 9.23 Å². The van der Waals surface area contributed by atoms with Crippen molar-refractivity contribution in [3.63, 3.8) is 0 Å². The van der Waals surface area contributed by atoms with Crippen LogP contribution < -0.4 is 0 Å². The maximum absolute atomic E-state index is 5.05. The molecule has 0 radical (unpaired) electrons. The average Bonchev–Trinajstić information content (AvgIpc) is 1.85. The lowest BCUT2D eigenvalue weighted by Crippen LogP contribution is -2.07. The van der Waals surface area contributed by atoms with Crippen molar-refractivity contribution in [2.45, 2.75) is 32.4 Å². The largest absolute Gasteiger partial charge is 0.502 e. The molecule has 11 heavy (non-hydrogen) atoms. The van der Waals surface area contributed by atoms with Crippen LogP contribution in [0.2, 0.25) is 0 Å². The minimum atomic E-state index is 0.358. The van der Waals surface area contributed by atoms with E-state index < -0.39 is 0 Å². The first-order valence-electron chi connectivity index (χ1n) is 3.97. The van der Waals surface area contributed by atoms with Crippen molar-refractivity contribution < 1.29 is 4.74 Å². The maximum atomic E-state index is 5.05. The van der Waals surface area contributed by atoms with Crippen LogP contribution in [0, 0.1) is 0 Å². The van der Waals surface area contributed by atoms with Gasteiger partial charge in [0.05, 0.1) is 12.9 Å². The van der Waals surface area contributed by atoms with Crippen molar-refractivity contribution in [1.29, 1.82) is 0 Å². The Labute approximate surface area is 74.2 Å². The second kappa shape index (κ2) is 5.53. The predicted octanol–water partition coefficient (Wildman–Crippen LogP) is 3.07. The molecule has 0 fully saturated rings. The lowest BCUT2D eigenvalue weighted by molar-refractivity contribution is 0.269. The number of rotatable bonds is 4. The first-order chi connectivity index (χ1) is 5.06. The molecule has 0 spiro atoms. The zero-order chi connectivity index (χ0) is 8.74. The lowest BCUT2D eigenvalue weighted by Gasteiger charge is -2.15. The monoisotopic (exact) mass is 174 g/mol. The molecule has 0 bridgehead atoms. The minimum absolute atomic E-state index is 0.358. The summed E-state index contributed by atoms with van der Waals surface area (Å²) in [6, 6.07) is 0. The van der Waals surface area contributed by atoms with E-state index in [2.05, 4.69) is 26.8 Å². The molecule has 0 aliphatic heterocycles. The van der Waals surface area contributed by atoms with Crippen LogP contribution in [-0.4, -0.2) is 17.1 Å². The summed E-state index contributed by atoms with van der Waals surface area (Å²) < 4.78 is 5.41. The molecule has 0 rings (SSSR count). The molecule has 0 aliphatic rings. The SMILES string of the molecule is CCOC=CCSC(C)(C)C. The van der Waals surface area contributed by atoms with Crippen LogP contribution in [0.4, 0.5) is 0 Å². The van der Waals surface area contributed by atoms with Gasteiger partial charge in [-0.1, -0.05) is 20.8 Å². The van der Waals surface area contributed by atoms with Crippen LogP contribution in [0.5, 0.6) is 0 Å². The van der Waals surface area contributed by atoms with Crippen LogP contribution in [0.15, 0.2) is 12.3 Å². The summed E-state index contributed by atoms with van der Waals surface area (Å²) >= 11 is 1.92. The minimum Gasteiger partial charge on any atom is -0.502 e. The zero-order valence-corrected chi connectivity index (χ0v) is 8.70. The molecule has 0 N–H and O–H groups in total. The van der Waals surface area contributed by atoms with Crippen LogP contribution in [0.3, 0.4) is 0 Å². The van der Waals surface area contributed by atoms with E-state index in [0.717, 1.165) is 12.4 Å². The van der Waals surface area contributed by atoms with Gasteiger partial charge in [0.15, 0.2) is 0 Å². The molecule has 66 valence electrons. The zero-order valence-electron chi connectivity index (χ0n) is 7.89. The molecular formula is C9H18OS. The van der Waals surface area contributed by atoms with Gasteiger partial charge in [-0.25, -0.2) is 0 Å². The Bertz CT molecular complexity index is 113. The fourth-order valence-electron chi connectivity index (χ4n) is 0.502. The van der Waals surface area contributed by atoms with Gasteiger partial charge < -0.3 is 4.74 Å². The van der Waals surface area contributed by atoms with Crippen LogP contribution in [0.1, 0.15) is 27.7 Å². The number of ether oxygens (including phenoxy) is 1. The van der Waals surface area contributed by atoms with Crippen molar-refractivity contribution in [2.24, 2.45) is 0 Å².